The van der Waals surface area contributed by atoms with Crippen LogP contribution in [-0.4, -0.2) is 92.9 Å². The fourth-order valence-electron chi connectivity index (χ4n) is 10.3. The van der Waals surface area contributed by atoms with Crippen LogP contribution in [0.1, 0.15) is 93.6 Å². The van der Waals surface area contributed by atoms with Gasteiger partial charge in [-0.15, -0.1) is 0 Å². The largest absolute Gasteiger partial charge is 0.506 e. The van der Waals surface area contributed by atoms with Crippen LogP contribution in [0.25, 0.3) is 21.8 Å². The van der Waals surface area contributed by atoms with E-state index in [1.54, 1.807) is 24.3 Å². The van der Waals surface area contributed by atoms with Crippen LogP contribution in [-0.2, 0) is 32.2 Å². The van der Waals surface area contributed by atoms with Gasteiger partial charge in [0.2, 0.25) is 17.0 Å². The van der Waals surface area contributed by atoms with Gasteiger partial charge in [0, 0.05) is 68.7 Å². The van der Waals surface area contributed by atoms with Crippen molar-refractivity contribution in [2.45, 2.75) is 115 Å². The van der Waals surface area contributed by atoms with E-state index in [4.69, 9.17) is 20.3 Å². The first kappa shape index (κ1) is 61.7. The van der Waals surface area contributed by atoms with Crippen LogP contribution in [0.2, 0.25) is 36.3 Å². The highest BCUT2D eigenvalue weighted by molar-refractivity contribution is 6.74. The van der Waals surface area contributed by atoms with Crippen molar-refractivity contribution in [3.05, 3.63) is 188 Å². The lowest BCUT2D eigenvalue weighted by Gasteiger charge is -2.39. The molecule has 81 heavy (non-hydrogen) atoms. The molecule has 0 saturated carbocycles. The number of nitrogens with one attached hydrogen (secondary N) is 5. The third-order valence-electron chi connectivity index (χ3n) is 16.8. The third kappa shape index (κ3) is 14.6. The Hall–Kier alpha value is -6.91. The number of rotatable bonds is 20. The number of phenols is 2. The summed E-state index contributed by atoms with van der Waals surface area (Å²) in [5.74, 6) is -0.299. The molecule has 3 atom stereocenters. The van der Waals surface area contributed by atoms with E-state index in [0.717, 1.165) is 57.1 Å². The monoisotopic (exact) mass is 1140 g/mol. The molecule has 18 heteroatoms. The number of urea groups is 1. The van der Waals surface area contributed by atoms with Crippen LogP contribution < -0.4 is 38.5 Å². The van der Waals surface area contributed by atoms with Crippen LogP contribution in [0.5, 0.6) is 11.5 Å². The zero-order valence-corrected chi connectivity index (χ0v) is 50.7. The van der Waals surface area contributed by atoms with Crippen LogP contribution in [0, 0.1) is 5.92 Å². The van der Waals surface area contributed by atoms with Crippen LogP contribution in [0.4, 0.5) is 4.79 Å². The summed E-state index contributed by atoms with van der Waals surface area (Å²) in [4.78, 5) is 57.7. The van der Waals surface area contributed by atoms with Gasteiger partial charge in [-0.2, -0.15) is 0 Å². The molecule has 16 nitrogen and oxygen atoms in total. The summed E-state index contributed by atoms with van der Waals surface area (Å²) >= 11 is 0. The maximum atomic E-state index is 13.4. The van der Waals surface area contributed by atoms with Crippen molar-refractivity contribution in [1.82, 2.24) is 30.8 Å². The summed E-state index contributed by atoms with van der Waals surface area (Å²) in [5, 5.41) is 31.7. The van der Waals surface area contributed by atoms with E-state index in [9.17, 15) is 29.4 Å². The number of amides is 3. The van der Waals surface area contributed by atoms with E-state index in [1.807, 2.05) is 91.0 Å². The lowest BCUT2D eigenvalue weighted by atomic mass is 9.64. The summed E-state index contributed by atoms with van der Waals surface area (Å²) in [5.41, 5.74) is 17.2. The fraction of sp³-hybridized carbons (Fsp3) is 0.397. The Bertz CT molecular complexity index is 3360. The second-order valence-electron chi connectivity index (χ2n) is 24.3. The first-order valence-corrected chi connectivity index (χ1v) is 33.8. The van der Waals surface area contributed by atoms with Gasteiger partial charge in [-0.05, 0) is 113 Å². The highest BCUT2D eigenvalue weighted by atomic mass is 28.4. The number of pyridine rings is 2. The predicted octanol–water partition coefficient (Wildman–Crippen LogP) is 9.93. The van der Waals surface area contributed by atoms with E-state index in [-0.39, 0.29) is 62.8 Å². The smallest absolute Gasteiger partial charge is 0.315 e. The van der Waals surface area contributed by atoms with Crippen molar-refractivity contribution in [3.8, 4) is 11.5 Å². The maximum Gasteiger partial charge on any atom is 0.315 e. The van der Waals surface area contributed by atoms with Gasteiger partial charge >= 0.3 is 6.03 Å². The van der Waals surface area contributed by atoms with Gasteiger partial charge in [0.25, 0.3) is 0 Å². The van der Waals surface area contributed by atoms with Crippen molar-refractivity contribution >= 4 is 50.4 Å². The van der Waals surface area contributed by atoms with Gasteiger partial charge < -0.3 is 61.4 Å². The molecular formula is C63H84N8O8Si2. The first-order chi connectivity index (χ1) is 38.2. The number of nitrogens with two attached hydrogens (primary N) is 2. The number of H-pyrrole nitrogens is 2. The maximum absolute atomic E-state index is 13.4. The van der Waals surface area contributed by atoms with Gasteiger partial charge in [-0.25, -0.2) is 4.79 Å². The number of phenolic OH excluding ortho intramolecular Hbond substituents is 2. The lowest BCUT2D eigenvalue weighted by molar-refractivity contribution is -0.123. The molecule has 1 aliphatic rings. The molecule has 3 heterocycles. The molecule has 432 valence electrons. The minimum atomic E-state index is -2.22. The van der Waals surface area contributed by atoms with E-state index in [2.05, 4.69) is 105 Å². The molecule has 2 aromatic heterocycles. The van der Waals surface area contributed by atoms with Gasteiger partial charge in [0.15, 0.2) is 16.6 Å². The summed E-state index contributed by atoms with van der Waals surface area (Å²) < 4.78 is 13.4. The third-order valence-corrected chi connectivity index (χ3v) is 25.7. The Morgan fingerprint density at radius 3 is 1.65 bits per heavy atom. The molecule has 1 saturated heterocycles. The number of nitrogens with zero attached hydrogens (tertiary/aromatic N) is 1. The molecule has 11 N–H and O–H groups in total. The topological polar surface area (TPSA) is 250 Å². The Labute approximate surface area is 478 Å². The van der Waals surface area contributed by atoms with Crippen LogP contribution in [0.15, 0.2) is 143 Å². The number of benzene rings is 5. The number of fused-ring (bicyclic) bond motifs is 2. The van der Waals surface area contributed by atoms with Gasteiger partial charge in [-0.1, -0.05) is 139 Å². The molecule has 8 rings (SSSR count). The molecule has 5 aromatic carbocycles. The van der Waals surface area contributed by atoms with Crippen molar-refractivity contribution < 1.29 is 28.7 Å². The Kier molecular flexibility index (Phi) is 19.7. The Morgan fingerprint density at radius 1 is 0.667 bits per heavy atom. The predicted molar refractivity (Wildman–Crippen MR) is 329 cm³/mol. The molecule has 1 aliphatic heterocycles. The standard InChI is InChI=1S/C46H58N6O5Si.C17H26N2O3Si/c1-45(2,3)58(4,5)57-40(37-19-21-39(53)42-38(37)20-22-41(54)51-42)30-48-28-32-13-12-14-33(27-32)29-50-44(56)49-24-26-52-25-23-36(31-52)46(43(47)55,34-15-8-6-9-16-34)35-17-10-7-11-18-35;1-17(2,3)23(4,5)22-14(10-18)11-6-8-13(20)16-12(11)7-9-15(21)19-16/h6-22,27,36,40,48,53H,23-26,28-31H2,1-5H3,(H2,47,55)(H,51,54)(H2,49,50,56);6-9,14,20H,10,18H2,1-5H3,(H,19,21)/t36-,40+;14-/m10/s1. The second kappa shape index (κ2) is 25.9. The SMILES string of the molecule is CC(C)(C)[Si](C)(C)O[C@@H](CN)c1ccc(O)c2[nH]c(=O)ccc12.CC(C)(C)[Si](C)(C)O[C@@H](CNCc1cccc(CNC(=O)NCCN2CC[C@@H](C(C(N)=O)(c3ccccc3)c3ccccc3)C2)c1)c1ccc(O)c2[nH]c(=O)ccc12. The molecule has 0 aliphatic carbocycles. The Balaban J connectivity index is 0.000000343. The zero-order valence-electron chi connectivity index (χ0n) is 48.7. The van der Waals surface area contributed by atoms with E-state index in [0.29, 0.717) is 56.8 Å². The quantitative estimate of drug-likeness (QED) is 0.0325. The van der Waals surface area contributed by atoms with E-state index in [1.165, 1.54) is 12.1 Å². The normalized spacial score (nSPS) is 15.2. The number of aromatic amines is 2. The zero-order chi connectivity index (χ0) is 58.9. The molecule has 7 aromatic rings. The molecule has 0 bridgehead atoms. The number of carbonyl (C=O) groups excluding carboxylic acids is 2. The molecule has 0 radical (unpaired) electrons. The molecule has 1 fully saturated rings. The second-order valence-corrected chi connectivity index (χ2v) is 33.8. The van der Waals surface area contributed by atoms with Gasteiger partial charge in [-0.3, -0.25) is 14.4 Å². The summed E-state index contributed by atoms with van der Waals surface area (Å²) in [7, 11) is -4.22. The van der Waals surface area contributed by atoms with E-state index >= 15 is 0 Å². The lowest BCUT2D eigenvalue weighted by Crippen LogP contribution is -2.49. The highest BCUT2D eigenvalue weighted by Crippen LogP contribution is 2.45. The number of carbonyl (C=O) groups is 2. The summed E-state index contributed by atoms with van der Waals surface area (Å²) in [6.07, 6.45) is 0.211. The number of likely N-dealkylation sites (tertiary alicyclic amines) is 1. The van der Waals surface area contributed by atoms with Crippen molar-refractivity contribution in [3.63, 3.8) is 0 Å². The molecular weight excluding hydrogens is 1050 g/mol. The van der Waals surface area contributed by atoms with Crippen LogP contribution in [0.3, 0.4) is 0 Å². The number of aromatic hydroxyl groups is 2. The number of hydrogen-bond acceptors (Lipinski definition) is 11. The Morgan fingerprint density at radius 2 is 1.16 bits per heavy atom. The summed E-state index contributed by atoms with van der Waals surface area (Å²) in [6, 6.07) is 40.8. The van der Waals surface area contributed by atoms with Crippen molar-refractivity contribution in [2.24, 2.45) is 17.4 Å². The van der Waals surface area contributed by atoms with Crippen molar-refractivity contribution in [1.29, 1.82) is 0 Å². The van der Waals surface area contributed by atoms with Crippen LogP contribution >= 0.6 is 0 Å². The van der Waals surface area contributed by atoms with E-state index < -0.39 is 22.0 Å². The fourth-order valence-corrected chi connectivity index (χ4v) is 12.8. The minimum absolute atomic E-state index is 0.0134. The average Bonchev–Trinajstić information content (AvgIpc) is 3.89. The minimum Gasteiger partial charge on any atom is -0.506 e. The highest BCUT2D eigenvalue weighted by Gasteiger charge is 2.49. The molecule has 3 amide bonds. The average molecular weight is 1140 g/mol. The molecule has 0 unspecified atom stereocenters. The number of primary amides is 1. The van der Waals surface area contributed by atoms with Gasteiger partial charge in [0.05, 0.1) is 23.2 Å². The first-order valence-electron chi connectivity index (χ1n) is 27.9. The molecule has 0 spiro atoms. The van der Waals surface area contributed by atoms with Gasteiger partial charge in [0.1, 0.15) is 16.9 Å². The number of hydrogen-bond donors (Lipinski definition) is 9. The van der Waals surface area contributed by atoms with Crippen molar-refractivity contribution in [2.75, 3.05) is 39.3 Å². The number of aromatic nitrogens is 2. The summed E-state index contributed by atoms with van der Waals surface area (Å²) in [6.45, 7) is 26.3.